The van der Waals surface area contributed by atoms with Crippen molar-refractivity contribution in [3.63, 3.8) is 0 Å². The summed E-state index contributed by atoms with van der Waals surface area (Å²) < 4.78 is 39.4. The van der Waals surface area contributed by atoms with E-state index in [-0.39, 0.29) is 11.3 Å². The van der Waals surface area contributed by atoms with E-state index in [4.69, 9.17) is 0 Å². The third-order valence-electron chi connectivity index (χ3n) is 5.26. The van der Waals surface area contributed by atoms with Gasteiger partial charge in [0.25, 0.3) is 0 Å². The number of allylic oxidation sites excluding steroid dienone is 3. The summed E-state index contributed by atoms with van der Waals surface area (Å²) in [6.07, 6.45) is 4.62. The predicted octanol–water partition coefficient (Wildman–Crippen LogP) is 7.04. The van der Waals surface area contributed by atoms with Gasteiger partial charge in [-0.05, 0) is 70.5 Å². The second-order valence-corrected chi connectivity index (χ2v) is 7.06. The van der Waals surface area contributed by atoms with Crippen LogP contribution in [-0.2, 0) is 17.6 Å². The van der Waals surface area contributed by atoms with Gasteiger partial charge in [0.2, 0.25) is 5.76 Å². The summed E-state index contributed by atoms with van der Waals surface area (Å²) in [6, 6.07) is 18.0. The number of ether oxygens (including phenoxy) is 1. The maximum Gasteiger partial charge on any atom is 0.448 e. The molecule has 1 aliphatic heterocycles. The van der Waals surface area contributed by atoms with E-state index in [0.717, 1.165) is 6.08 Å². The molecule has 0 bridgehead atoms. The van der Waals surface area contributed by atoms with E-state index in [1.807, 2.05) is 0 Å². The molecule has 5 rings (SSSR count). The molecule has 0 spiro atoms. The highest BCUT2D eigenvalue weighted by Crippen LogP contribution is 2.33. The lowest BCUT2D eigenvalue weighted by Gasteiger charge is -2.18. The molecule has 0 radical (unpaired) electrons. The fourth-order valence-electron chi connectivity index (χ4n) is 3.92. The molecule has 0 N–H and O–H groups in total. The Morgan fingerprint density at radius 3 is 2.28 bits per heavy atom. The Balaban J connectivity index is 0.000000189. The Bertz CT molecular complexity index is 1060. The van der Waals surface area contributed by atoms with Gasteiger partial charge in [-0.25, -0.2) is 0 Å². The molecule has 2 aliphatic rings. The first-order chi connectivity index (χ1) is 13.5. The van der Waals surface area contributed by atoms with Crippen molar-refractivity contribution in [3.05, 3.63) is 83.6 Å². The molecule has 5 heteroatoms. The van der Waals surface area contributed by atoms with Gasteiger partial charge in [-0.2, -0.15) is 13.2 Å². The number of hydrogen-bond acceptors (Lipinski definition) is 1. The van der Waals surface area contributed by atoms with E-state index in [9.17, 15) is 13.2 Å². The first kappa shape index (κ1) is 20.9. The molecule has 152 valence electrons. The van der Waals surface area contributed by atoms with Crippen LogP contribution >= 0.6 is 0 Å². The minimum atomic E-state index is -4.34. The van der Waals surface area contributed by atoms with Crippen molar-refractivity contribution in [1.82, 2.24) is 0 Å². The molecule has 0 fully saturated rings. The van der Waals surface area contributed by atoms with Crippen LogP contribution in [0.15, 0.2) is 72.5 Å². The third kappa shape index (κ3) is 4.44. The highest BCUT2D eigenvalue weighted by molar-refractivity contribution is 6.08. The largest absolute Gasteiger partial charge is 0.485 e. The summed E-state index contributed by atoms with van der Waals surface area (Å²) in [7, 11) is 0. The maximum absolute atomic E-state index is 11.7. The molecule has 3 aromatic carbocycles. The normalized spacial score (nSPS) is 15.5. The van der Waals surface area contributed by atoms with Crippen LogP contribution in [0, 0.1) is 0 Å². The number of rotatable bonds is 0. The SMILES string of the molecule is F.FC(F)(F)C1=CC=CCO1.c1ccc2c(c1)ccc1c3c(ccc12)CCCC3. The zero-order valence-corrected chi connectivity index (χ0v) is 15.8. The van der Waals surface area contributed by atoms with Crippen molar-refractivity contribution in [2.75, 3.05) is 6.61 Å². The van der Waals surface area contributed by atoms with Gasteiger partial charge in [0.1, 0.15) is 6.61 Å². The molecule has 0 atom stereocenters. The lowest BCUT2D eigenvalue weighted by atomic mass is 9.86. The Hall–Kier alpha value is -2.82. The van der Waals surface area contributed by atoms with Gasteiger partial charge < -0.3 is 4.74 Å². The first-order valence-corrected chi connectivity index (χ1v) is 9.53. The monoisotopic (exact) mass is 402 g/mol. The highest BCUT2D eigenvalue weighted by atomic mass is 19.4. The standard InChI is InChI=1S/C18H16.C6H5F3O.FH/c1-3-7-15-13(5-1)9-11-18-16-8-4-2-6-14(16)10-12-17(15)18;7-6(8,9)5-3-1-2-4-10-5;/h1,3,5,7,9-12H,2,4,6,8H2;1-3H,4H2;1H. The fourth-order valence-corrected chi connectivity index (χ4v) is 3.92. The highest BCUT2D eigenvalue weighted by Gasteiger charge is 2.35. The van der Waals surface area contributed by atoms with Crippen LogP contribution in [0.5, 0.6) is 0 Å². The number of alkyl halides is 3. The molecular formula is C24H22F4O. The van der Waals surface area contributed by atoms with Crippen LogP contribution in [0.25, 0.3) is 21.5 Å². The van der Waals surface area contributed by atoms with Crippen LogP contribution in [-0.4, -0.2) is 12.8 Å². The molecule has 0 saturated carbocycles. The smallest absolute Gasteiger partial charge is 0.448 e. The Labute approximate surface area is 166 Å². The lowest BCUT2D eigenvalue weighted by molar-refractivity contribution is -0.129. The zero-order valence-electron chi connectivity index (χ0n) is 15.8. The van der Waals surface area contributed by atoms with Crippen molar-refractivity contribution in [2.45, 2.75) is 31.9 Å². The molecule has 1 nitrogen and oxygen atoms in total. The van der Waals surface area contributed by atoms with Crippen LogP contribution in [0.4, 0.5) is 17.9 Å². The van der Waals surface area contributed by atoms with Crippen molar-refractivity contribution >= 4 is 21.5 Å². The maximum atomic E-state index is 11.7. The zero-order chi connectivity index (χ0) is 19.6. The fraction of sp³-hybridized carbons (Fsp3) is 0.250. The van der Waals surface area contributed by atoms with E-state index in [0.29, 0.717) is 0 Å². The van der Waals surface area contributed by atoms with Crippen molar-refractivity contribution < 1.29 is 22.6 Å². The second-order valence-electron chi connectivity index (χ2n) is 7.06. The van der Waals surface area contributed by atoms with Gasteiger partial charge in [-0.1, -0.05) is 54.6 Å². The van der Waals surface area contributed by atoms with Gasteiger partial charge in [-0.3, -0.25) is 4.70 Å². The number of aryl methyl sites for hydroxylation is 2. The van der Waals surface area contributed by atoms with Gasteiger partial charge in [0.15, 0.2) is 0 Å². The lowest BCUT2D eigenvalue weighted by Crippen LogP contribution is -2.16. The molecular weight excluding hydrogens is 380 g/mol. The average Bonchev–Trinajstić information content (AvgIpc) is 2.74. The Morgan fingerprint density at radius 1 is 0.793 bits per heavy atom. The van der Waals surface area contributed by atoms with Gasteiger partial charge in [0, 0.05) is 0 Å². The molecule has 1 aliphatic carbocycles. The molecule has 0 unspecified atom stereocenters. The second kappa shape index (κ2) is 8.68. The van der Waals surface area contributed by atoms with Crippen LogP contribution in [0.1, 0.15) is 24.0 Å². The van der Waals surface area contributed by atoms with E-state index in [2.05, 4.69) is 53.3 Å². The first-order valence-electron chi connectivity index (χ1n) is 9.53. The third-order valence-corrected chi connectivity index (χ3v) is 5.26. The van der Waals surface area contributed by atoms with Crippen LogP contribution in [0.3, 0.4) is 0 Å². The van der Waals surface area contributed by atoms with E-state index >= 15 is 0 Å². The topological polar surface area (TPSA) is 9.23 Å². The Morgan fingerprint density at radius 2 is 1.55 bits per heavy atom. The molecule has 0 saturated heterocycles. The average molecular weight is 402 g/mol. The van der Waals surface area contributed by atoms with Crippen molar-refractivity contribution in [1.29, 1.82) is 0 Å². The number of fused-ring (bicyclic) bond motifs is 5. The summed E-state index contributed by atoms with van der Waals surface area (Å²) in [5, 5.41) is 5.64. The van der Waals surface area contributed by atoms with E-state index < -0.39 is 11.9 Å². The molecule has 29 heavy (non-hydrogen) atoms. The summed E-state index contributed by atoms with van der Waals surface area (Å²) >= 11 is 0. The van der Waals surface area contributed by atoms with Crippen LogP contribution < -0.4 is 0 Å². The predicted molar refractivity (Wildman–Crippen MR) is 110 cm³/mol. The van der Waals surface area contributed by atoms with E-state index in [1.165, 1.54) is 59.4 Å². The number of benzene rings is 3. The van der Waals surface area contributed by atoms with Gasteiger partial charge in [0.05, 0.1) is 0 Å². The number of hydrogen-bond donors (Lipinski definition) is 0. The van der Waals surface area contributed by atoms with Gasteiger partial charge in [-0.15, -0.1) is 0 Å². The molecule has 0 amide bonds. The minimum absolute atomic E-state index is 0. The molecule has 0 aromatic heterocycles. The summed E-state index contributed by atoms with van der Waals surface area (Å²) in [5.74, 6) is -0.921. The van der Waals surface area contributed by atoms with Crippen molar-refractivity contribution in [2.24, 2.45) is 0 Å². The quantitative estimate of drug-likeness (QED) is 0.289. The van der Waals surface area contributed by atoms with Crippen LogP contribution in [0.2, 0.25) is 0 Å². The molecule has 3 aromatic rings. The summed E-state index contributed by atoms with van der Waals surface area (Å²) in [4.78, 5) is 0. The van der Waals surface area contributed by atoms with E-state index in [1.54, 1.807) is 11.1 Å². The molecule has 1 heterocycles. The summed E-state index contributed by atoms with van der Waals surface area (Å²) in [6.45, 7) is 0.00530. The minimum Gasteiger partial charge on any atom is -0.485 e. The Kier molecular flexibility index (Phi) is 6.26. The number of halogens is 4. The van der Waals surface area contributed by atoms with Gasteiger partial charge >= 0.3 is 6.18 Å². The summed E-state index contributed by atoms with van der Waals surface area (Å²) in [5.41, 5.74) is 3.17. The van der Waals surface area contributed by atoms with Crippen molar-refractivity contribution in [3.8, 4) is 0 Å².